The van der Waals surface area contributed by atoms with Gasteiger partial charge >= 0.3 is 12.0 Å². The molecule has 1 aromatic rings. The first kappa shape index (κ1) is 16.4. The van der Waals surface area contributed by atoms with Gasteiger partial charge in [0.25, 0.3) is 0 Å². The van der Waals surface area contributed by atoms with Crippen LogP contribution in [0.4, 0.5) is 4.79 Å². The Hall–Kier alpha value is -1.63. The van der Waals surface area contributed by atoms with Gasteiger partial charge in [0.1, 0.15) is 0 Å². The molecule has 0 aliphatic rings. The van der Waals surface area contributed by atoms with Gasteiger partial charge in [-0.2, -0.15) is 0 Å². The van der Waals surface area contributed by atoms with Crippen LogP contribution in [0.25, 0.3) is 0 Å². The van der Waals surface area contributed by atoms with Crippen molar-refractivity contribution in [2.24, 2.45) is 5.41 Å². The summed E-state index contributed by atoms with van der Waals surface area (Å²) in [6.45, 7) is 6.06. The zero-order valence-corrected chi connectivity index (χ0v) is 12.8. The number of carboxylic acids is 1. The third-order valence-electron chi connectivity index (χ3n) is 3.49. The lowest BCUT2D eigenvalue weighted by Gasteiger charge is -2.26. The molecule has 0 aliphatic heterocycles. The van der Waals surface area contributed by atoms with E-state index in [9.17, 15) is 14.7 Å². The molecular weight excluding hydrogens is 278 g/mol. The molecule has 1 aromatic heterocycles. The van der Waals surface area contributed by atoms with Gasteiger partial charge in [0.15, 0.2) is 0 Å². The van der Waals surface area contributed by atoms with E-state index in [1.807, 2.05) is 20.8 Å². The Morgan fingerprint density at radius 1 is 1.35 bits per heavy atom. The molecule has 2 amide bonds. The Balaban J connectivity index is 2.44. The van der Waals surface area contributed by atoms with Crippen LogP contribution < -0.4 is 10.6 Å². The molecule has 7 heteroatoms. The highest BCUT2D eigenvalue weighted by Gasteiger charge is 2.35. The van der Waals surface area contributed by atoms with Crippen LogP contribution >= 0.6 is 11.3 Å². The topological polar surface area (TPSA) is 91.3 Å². The molecular formula is C13H21N3O3S. The predicted octanol–water partition coefficient (Wildman–Crippen LogP) is 2.14. The minimum Gasteiger partial charge on any atom is -0.481 e. The van der Waals surface area contributed by atoms with E-state index in [2.05, 4.69) is 15.6 Å². The fourth-order valence-electron chi connectivity index (χ4n) is 1.84. The van der Waals surface area contributed by atoms with Crippen molar-refractivity contribution in [2.75, 3.05) is 6.54 Å². The molecule has 0 saturated heterocycles. The summed E-state index contributed by atoms with van der Waals surface area (Å²) in [6.07, 6.45) is 2.68. The lowest BCUT2D eigenvalue weighted by molar-refractivity contribution is -0.149. The number of thiazole rings is 1. The maximum atomic E-state index is 11.7. The first-order chi connectivity index (χ1) is 9.43. The van der Waals surface area contributed by atoms with Crippen LogP contribution in [0.2, 0.25) is 0 Å². The quantitative estimate of drug-likeness (QED) is 0.719. The molecule has 0 fully saturated rings. The van der Waals surface area contributed by atoms with Crippen LogP contribution in [0.3, 0.4) is 0 Å². The summed E-state index contributed by atoms with van der Waals surface area (Å²) in [5, 5.41) is 15.6. The summed E-state index contributed by atoms with van der Waals surface area (Å²) in [4.78, 5) is 28.1. The maximum absolute atomic E-state index is 11.7. The van der Waals surface area contributed by atoms with E-state index in [0.29, 0.717) is 19.4 Å². The van der Waals surface area contributed by atoms with Gasteiger partial charge in [-0.25, -0.2) is 9.78 Å². The second-order valence-electron chi connectivity index (χ2n) is 4.67. The molecule has 1 rings (SSSR count). The van der Waals surface area contributed by atoms with Crippen molar-refractivity contribution < 1.29 is 14.7 Å². The minimum absolute atomic E-state index is 0.128. The SMILES string of the molecule is CCC(CC)(CNC(=O)NCc1cnc(C)s1)C(=O)O. The fourth-order valence-corrected chi connectivity index (χ4v) is 2.58. The Morgan fingerprint density at radius 3 is 2.45 bits per heavy atom. The largest absolute Gasteiger partial charge is 0.481 e. The third kappa shape index (κ3) is 4.19. The van der Waals surface area contributed by atoms with Crippen LogP contribution in [-0.4, -0.2) is 28.6 Å². The van der Waals surface area contributed by atoms with Crippen LogP contribution in [0, 0.1) is 12.3 Å². The molecule has 0 atom stereocenters. The van der Waals surface area contributed by atoms with E-state index in [4.69, 9.17) is 0 Å². The number of carboxylic acid groups (broad SMARTS) is 1. The number of amides is 2. The molecule has 3 N–H and O–H groups in total. The standard InChI is InChI=1S/C13H21N3O3S/c1-4-13(5-2,11(17)18)8-16-12(19)15-7-10-6-14-9(3)20-10/h6H,4-5,7-8H2,1-3H3,(H,17,18)(H2,15,16,19). The molecule has 0 radical (unpaired) electrons. The zero-order valence-electron chi connectivity index (χ0n) is 12.0. The van der Waals surface area contributed by atoms with E-state index < -0.39 is 11.4 Å². The lowest BCUT2D eigenvalue weighted by Crippen LogP contribution is -2.45. The minimum atomic E-state index is -0.890. The number of urea groups is 1. The summed E-state index contributed by atoms with van der Waals surface area (Å²) < 4.78 is 0. The number of hydrogen-bond acceptors (Lipinski definition) is 4. The number of aliphatic carboxylic acids is 1. The highest BCUT2D eigenvalue weighted by atomic mass is 32.1. The maximum Gasteiger partial charge on any atom is 0.315 e. The van der Waals surface area contributed by atoms with E-state index in [0.717, 1.165) is 9.88 Å². The third-order valence-corrected chi connectivity index (χ3v) is 4.40. The summed E-state index contributed by atoms with van der Waals surface area (Å²) in [6, 6.07) is -0.358. The molecule has 0 saturated carbocycles. The lowest BCUT2D eigenvalue weighted by atomic mass is 9.82. The number of rotatable bonds is 7. The van der Waals surface area contributed by atoms with Gasteiger partial charge < -0.3 is 15.7 Å². The fraction of sp³-hybridized carbons (Fsp3) is 0.615. The van der Waals surface area contributed by atoms with Gasteiger partial charge in [-0.05, 0) is 19.8 Å². The molecule has 0 aromatic carbocycles. The van der Waals surface area contributed by atoms with Crippen molar-refractivity contribution in [1.82, 2.24) is 15.6 Å². The number of carbonyl (C=O) groups is 2. The smallest absolute Gasteiger partial charge is 0.315 e. The predicted molar refractivity (Wildman–Crippen MR) is 77.7 cm³/mol. The van der Waals surface area contributed by atoms with Gasteiger partial charge in [0, 0.05) is 17.6 Å². The van der Waals surface area contributed by atoms with Crippen molar-refractivity contribution in [3.63, 3.8) is 0 Å². The normalized spacial score (nSPS) is 11.2. The first-order valence-corrected chi connectivity index (χ1v) is 7.41. The van der Waals surface area contributed by atoms with Crippen LogP contribution in [-0.2, 0) is 11.3 Å². The van der Waals surface area contributed by atoms with Crippen molar-refractivity contribution in [1.29, 1.82) is 0 Å². The van der Waals surface area contributed by atoms with Crippen molar-refractivity contribution in [3.8, 4) is 0 Å². The molecule has 112 valence electrons. The van der Waals surface area contributed by atoms with E-state index in [1.165, 1.54) is 11.3 Å². The number of aromatic nitrogens is 1. The monoisotopic (exact) mass is 299 g/mol. The number of aryl methyl sites for hydroxylation is 1. The van der Waals surface area contributed by atoms with Crippen LogP contribution in [0.1, 0.15) is 36.6 Å². The van der Waals surface area contributed by atoms with Gasteiger partial charge in [0.05, 0.1) is 17.0 Å². The summed E-state index contributed by atoms with van der Waals surface area (Å²) >= 11 is 1.52. The molecule has 0 spiro atoms. The number of hydrogen-bond donors (Lipinski definition) is 3. The number of carbonyl (C=O) groups excluding carboxylic acids is 1. The van der Waals surface area contributed by atoms with Crippen LogP contribution in [0.15, 0.2) is 6.20 Å². The summed E-state index contributed by atoms with van der Waals surface area (Å²) in [5.74, 6) is -0.874. The average molecular weight is 299 g/mol. The highest BCUT2D eigenvalue weighted by molar-refractivity contribution is 7.11. The molecule has 1 heterocycles. The van der Waals surface area contributed by atoms with Crippen molar-refractivity contribution in [2.45, 2.75) is 40.2 Å². The number of nitrogens with one attached hydrogen (secondary N) is 2. The summed E-state index contributed by atoms with van der Waals surface area (Å²) in [7, 11) is 0. The molecule has 0 aliphatic carbocycles. The molecule has 6 nitrogen and oxygen atoms in total. The summed E-state index contributed by atoms with van der Waals surface area (Å²) in [5.41, 5.74) is -0.890. The Kier molecular flexibility index (Phi) is 5.94. The zero-order chi connectivity index (χ0) is 15.2. The Labute approximate surface area is 122 Å². The second kappa shape index (κ2) is 7.23. The Morgan fingerprint density at radius 2 is 2.00 bits per heavy atom. The Bertz CT molecular complexity index is 469. The van der Waals surface area contributed by atoms with Crippen LogP contribution in [0.5, 0.6) is 0 Å². The van der Waals surface area contributed by atoms with Gasteiger partial charge in [-0.1, -0.05) is 13.8 Å². The van der Waals surface area contributed by atoms with E-state index >= 15 is 0 Å². The van der Waals surface area contributed by atoms with Gasteiger partial charge in [0.2, 0.25) is 0 Å². The molecule has 20 heavy (non-hydrogen) atoms. The molecule has 0 unspecified atom stereocenters. The van der Waals surface area contributed by atoms with E-state index in [-0.39, 0.29) is 12.6 Å². The van der Waals surface area contributed by atoms with Gasteiger partial charge in [-0.15, -0.1) is 11.3 Å². The second-order valence-corrected chi connectivity index (χ2v) is 5.99. The first-order valence-electron chi connectivity index (χ1n) is 6.60. The highest BCUT2D eigenvalue weighted by Crippen LogP contribution is 2.25. The molecule has 0 bridgehead atoms. The van der Waals surface area contributed by atoms with E-state index in [1.54, 1.807) is 6.20 Å². The number of nitrogens with zero attached hydrogens (tertiary/aromatic N) is 1. The van der Waals surface area contributed by atoms with Gasteiger partial charge in [-0.3, -0.25) is 4.79 Å². The average Bonchev–Trinajstić information content (AvgIpc) is 2.83. The van der Waals surface area contributed by atoms with Crippen molar-refractivity contribution >= 4 is 23.3 Å². The van der Waals surface area contributed by atoms with Crippen molar-refractivity contribution in [3.05, 3.63) is 16.1 Å².